The number of carbonyl (C=O) groups is 1. The zero-order chi connectivity index (χ0) is 19.1. The second kappa shape index (κ2) is 9.75. The van der Waals surface area contributed by atoms with Crippen molar-refractivity contribution < 1.29 is 9.18 Å². The third-order valence-corrected chi connectivity index (χ3v) is 4.99. The summed E-state index contributed by atoms with van der Waals surface area (Å²) in [5, 5.41) is 3.69. The number of aryl methyl sites for hydroxylation is 2. The highest BCUT2D eigenvalue weighted by molar-refractivity contribution is 7.99. The molecule has 4 nitrogen and oxygen atoms in total. The van der Waals surface area contributed by atoms with Crippen LogP contribution < -0.4 is 16.2 Å². The Kier molecular flexibility index (Phi) is 7.68. The Morgan fingerprint density at radius 2 is 1.96 bits per heavy atom. The van der Waals surface area contributed by atoms with Crippen molar-refractivity contribution in [3.63, 3.8) is 0 Å². The Balaban J connectivity index is 1.71. The molecule has 0 fully saturated rings. The van der Waals surface area contributed by atoms with Crippen LogP contribution in [0.25, 0.3) is 0 Å². The van der Waals surface area contributed by atoms with Gasteiger partial charge in [-0.2, -0.15) is 0 Å². The highest BCUT2D eigenvalue weighted by atomic mass is 35.5. The molecule has 0 spiro atoms. The number of thioether (sulfide) groups is 1. The predicted octanol–water partition coefficient (Wildman–Crippen LogP) is 4.35. The maximum atomic E-state index is 13.0. The zero-order valence-electron chi connectivity index (χ0n) is 14.4. The third-order valence-electron chi connectivity index (χ3n) is 3.45. The number of hydrogen-bond donors (Lipinski definition) is 3. The van der Waals surface area contributed by atoms with Gasteiger partial charge in [0.2, 0.25) is 5.91 Å². The lowest BCUT2D eigenvalue weighted by molar-refractivity contribution is -0.119. The zero-order valence-corrected chi connectivity index (χ0v) is 16.7. The minimum absolute atomic E-state index is 0.215. The Morgan fingerprint density at radius 3 is 2.65 bits per heavy atom. The van der Waals surface area contributed by atoms with Gasteiger partial charge in [-0.15, -0.1) is 11.8 Å². The summed E-state index contributed by atoms with van der Waals surface area (Å²) < 4.78 is 13.0. The molecular weight excluding hydrogens is 393 g/mol. The van der Waals surface area contributed by atoms with E-state index in [0.29, 0.717) is 15.9 Å². The first-order chi connectivity index (χ1) is 12.3. The van der Waals surface area contributed by atoms with E-state index in [2.05, 4.69) is 16.2 Å². The van der Waals surface area contributed by atoms with Gasteiger partial charge in [-0.25, -0.2) is 4.39 Å². The molecule has 0 saturated heterocycles. The lowest BCUT2D eigenvalue weighted by atomic mass is 10.1. The van der Waals surface area contributed by atoms with Crippen molar-refractivity contribution in [3.05, 3.63) is 63.9 Å². The van der Waals surface area contributed by atoms with Crippen LogP contribution >= 0.6 is 35.6 Å². The van der Waals surface area contributed by atoms with Gasteiger partial charge < -0.3 is 5.32 Å². The molecule has 8 heteroatoms. The fourth-order valence-corrected chi connectivity index (χ4v) is 3.47. The number of thiocarbonyl (C=S) groups is 1. The van der Waals surface area contributed by atoms with Crippen LogP contribution in [0.2, 0.25) is 5.02 Å². The van der Waals surface area contributed by atoms with Crippen molar-refractivity contribution in [1.29, 1.82) is 0 Å². The summed E-state index contributed by atoms with van der Waals surface area (Å²) in [5.41, 5.74) is 9.10. The second-order valence-corrected chi connectivity index (χ2v) is 7.48. The number of rotatable bonds is 5. The Morgan fingerprint density at radius 1 is 1.19 bits per heavy atom. The van der Waals surface area contributed by atoms with E-state index in [1.165, 1.54) is 29.5 Å². The van der Waals surface area contributed by atoms with Crippen LogP contribution in [-0.2, 0) is 10.5 Å². The molecule has 2 rings (SSSR count). The second-order valence-electron chi connectivity index (χ2n) is 5.67. The van der Waals surface area contributed by atoms with E-state index in [4.69, 9.17) is 23.8 Å². The number of amides is 1. The molecule has 0 heterocycles. The van der Waals surface area contributed by atoms with Gasteiger partial charge in [0.25, 0.3) is 0 Å². The maximum Gasteiger partial charge on any atom is 0.248 e. The van der Waals surface area contributed by atoms with Crippen LogP contribution in [0.3, 0.4) is 0 Å². The Hall–Kier alpha value is -1.83. The molecule has 3 N–H and O–H groups in total. The van der Waals surface area contributed by atoms with Gasteiger partial charge in [-0.05, 0) is 55.4 Å². The molecule has 2 aromatic carbocycles. The normalized spacial score (nSPS) is 10.3. The molecule has 0 aromatic heterocycles. The van der Waals surface area contributed by atoms with E-state index in [1.807, 2.05) is 32.0 Å². The molecule has 0 aliphatic heterocycles. The van der Waals surface area contributed by atoms with Crippen molar-refractivity contribution in [1.82, 2.24) is 10.9 Å². The van der Waals surface area contributed by atoms with Gasteiger partial charge in [0.15, 0.2) is 5.11 Å². The monoisotopic (exact) mass is 411 g/mol. The molecule has 2 aromatic rings. The van der Waals surface area contributed by atoms with Crippen LogP contribution in [0.15, 0.2) is 36.4 Å². The fraction of sp³-hybridized carbons (Fsp3) is 0.222. The summed E-state index contributed by atoms with van der Waals surface area (Å²) in [6.07, 6.45) is 0. The minimum atomic E-state index is -0.379. The number of anilines is 1. The number of hydrazine groups is 1. The quantitative estimate of drug-likeness (QED) is 0.504. The largest absolute Gasteiger partial charge is 0.331 e. The van der Waals surface area contributed by atoms with Crippen molar-refractivity contribution in [2.45, 2.75) is 19.6 Å². The Labute approximate surface area is 166 Å². The van der Waals surface area contributed by atoms with Crippen LogP contribution in [-0.4, -0.2) is 16.8 Å². The molecule has 0 aliphatic rings. The molecular formula is C18H19ClFN3OS2. The van der Waals surface area contributed by atoms with Gasteiger partial charge in [0.05, 0.1) is 5.75 Å². The smallest absolute Gasteiger partial charge is 0.248 e. The standard InChI is InChI=1S/C18H19ClFN3OS2/c1-11-3-6-16(12(2)7-11)21-18(25)23-22-17(24)10-26-9-13-4-5-14(20)8-15(13)19/h3-8H,9-10H2,1-2H3,(H,22,24)(H2,21,23,25). The van der Waals surface area contributed by atoms with Crippen molar-refractivity contribution in [2.24, 2.45) is 0 Å². The van der Waals surface area contributed by atoms with Crippen molar-refractivity contribution in [2.75, 3.05) is 11.1 Å². The van der Waals surface area contributed by atoms with Crippen molar-refractivity contribution in [3.8, 4) is 0 Å². The number of benzene rings is 2. The molecule has 138 valence electrons. The van der Waals surface area contributed by atoms with Gasteiger partial charge in [0, 0.05) is 16.5 Å². The lowest BCUT2D eigenvalue weighted by Gasteiger charge is -2.13. The van der Waals surface area contributed by atoms with Crippen LogP contribution in [0.4, 0.5) is 10.1 Å². The molecule has 1 amide bonds. The number of halogens is 2. The summed E-state index contributed by atoms with van der Waals surface area (Å²) in [7, 11) is 0. The first kappa shape index (κ1) is 20.5. The molecule has 0 radical (unpaired) electrons. The maximum absolute atomic E-state index is 13.0. The van der Waals surface area contributed by atoms with E-state index in [1.54, 1.807) is 6.07 Å². The van der Waals surface area contributed by atoms with Gasteiger partial charge >= 0.3 is 0 Å². The summed E-state index contributed by atoms with van der Waals surface area (Å²) in [6.45, 7) is 4.00. The van der Waals surface area contributed by atoms with Gasteiger partial charge in [-0.3, -0.25) is 15.6 Å². The third kappa shape index (κ3) is 6.48. The number of hydrogen-bond acceptors (Lipinski definition) is 3. The van der Waals surface area contributed by atoms with Crippen molar-refractivity contribution >= 4 is 52.3 Å². The molecule has 26 heavy (non-hydrogen) atoms. The summed E-state index contributed by atoms with van der Waals surface area (Å²) in [4.78, 5) is 11.9. The van der Waals surface area contributed by atoms with Gasteiger partial charge in [-0.1, -0.05) is 35.4 Å². The van der Waals surface area contributed by atoms with E-state index in [0.717, 1.165) is 16.8 Å². The predicted molar refractivity (Wildman–Crippen MR) is 111 cm³/mol. The molecule has 0 atom stereocenters. The highest BCUT2D eigenvalue weighted by Gasteiger charge is 2.06. The van der Waals surface area contributed by atoms with E-state index in [-0.39, 0.29) is 17.5 Å². The average Bonchev–Trinajstić information content (AvgIpc) is 2.57. The molecule has 0 unspecified atom stereocenters. The number of nitrogens with one attached hydrogen (secondary N) is 3. The average molecular weight is 412 g/mol. The highest BCUT2D eigenvalue weighted by Crippen LogP contribution is 2.22. The van der Waals surface area contributed by atoms with E-state index in [9.17, 15) is 9.18 Å². The van der Waals surface area contributed by atoms with E-state index < -0.39 is 0 Å². The first-order valence-corrected chi connectivity index (χ1v) is 9.74. The summed E-state index contributed by atoms with van der Waals surface area (Å²) in [5.74, 6) is 0.124. The summed E-state index contributed by atoms with van der Waals surface area (Å²) >= 11 is 12.5. The Bertz CT molecular complexity index is 817. The fourth-order valence-electron chi connectivity index (χ4n) is 2.16. The minimum Gasteiger partial charge on any atom is -0.331 e. The topological polar surface area (TPSA) is 53.2 Å². The van der Waals surface area contributed by atoms with Crippen LogP contribution in [0.5, 0.6) is 0 Å². The van der Waals surface area contributed by atoms with Crippen LogP contribution in [0.1, 0.15) is 16.7 Å². The van der Waals surface area contributed by atoms with Gasteiger partial charge in [0.1, 0.15) is 5.82 Å². The summed E-state index contributed by atoms with van der Waals surface area (Å²) in [6, 6.07) is 10.2. The SMILES string of the molecule is Cc1ccc(NC(=S)NNC(=O)CSCc2ccc(F)cc2Cl)c(C)c1. The van der Waals surface area contributed by atoms with E-state index >= 15 is 0 Å². The molecule has 0 aliphatic carbocycles. The lowest BCUT2D eigenvalue weighted by Crippen LogP contribution is -2.44. The molecule has 0 bridgehead atoms. The number of carbonyl (C=O) groups excluding carboxylic acids is 1. The van der Waals surface area contributed by atoms with Crippen LogP contribution in [0, 0.1) is 19.7 Å². The molecule has 0 saturated carbocycles. The first-order valence-electron chi connectivity index (χ1n) is 7.80.